The van der Waals surface area contributed by atoms with E-state index in [0.717, 1.165) is 23.1 Å². The third-order valence-corrected chi connectivity index (χ3v) is 4.94. The number of nitrogens with one attached hydrogen (secondary N) is 1. The molecule has 1 fully saturated rings. The Hall–Kier alpha value is -3.03. The van der Waals surface area contributed by atoms with Gasteiger partial charge in [-0.1, -0.05) is 12.1 Å². The highest BCUT2D eigenvalue weighted by Crippen LogP contribution is 2.26. The van der Waals surface area contributed by atoms with E-state index in [2.05, 4.69) is 10.2 Å². The molecule has 1 unspecified atom stereocenters. The molecule has 3 aromatic rings. The van der Waals surface area contributed by atoms with E-state index in [4.69, 9.17) is 9.15 Å². The Kier molecular flexibility index (Phi) is 5.42. The maximum Gasteiger partial charge on any atom is 0.336 e. The van der Waals surface area contributed by atoms with Crippen molar-refractivity contribution >= 4 is 22.6 Å². The molecule has 0 saturated carbocycles. The fourth-order valence-corrected chi connectivity index (χ4v) is 3.61. The fourth-order valence-electron chi connectivity index (χ4n) is 3.61. The monoisotopic (exact) mass is 396 g/mol. The van der Waals surface area contributed by atoms with Crippen molar-refractivity contribution in [3.63, 3.8) is 0 Å². The molecule has 6 nitrogen and oxygen atoms in total. The van der Waals surface area contributed by atoms with E-state index in [0.29, 0.717) is 31.0 Å². The molecule has 1 aliphatic heterocycles. The summed E-state index contributed by atoms with van der Waals surface area (Å²) in [4.78, 5) is 25.5. The summed E-state index contributed by atoms with van der Waals surface area (Å²) in [6, 6.07) is 13.1. The van der Waals surface area contributed by atoms with Gasteiger partial charge >= 0.3 is 5.63 Å². The van der Waals surface area contributed by atoms with E-state index in [1.165, 1.54) is 25.1 Å². The summed E-state index contributed by atoms with van der Waals surface area (Å²) in [6.07, 6.45) is -0.151. The lowest BCUT2D eigenvalue weighted by Crippen LogP contribution is -2.38. The maximum absolute atomic E-state index is 13.2. The lowest BCUT2D eigenvalue weighted by Gasteiger charge is -2.33. The number of anilines is 1. The molecule has 150 valence electrons. The van der Waals surface area contributed by atoms with Crippen molar-refractivity contribution in [1.29, 1.82) is 0 Å². The van der Waals surface area contributed by atoms with Crippen molar-refractivity contribution in [2.45, 2.75) is 19.6 Å². The van der Waals surface area contributed by atoms with Crippen LogP contribution >= 0.6 is 0 Å². The highest BCUT2D eigenvalue weighted by molar-refractivity contribution is 5.92. The number of carbonyl (C=O) groups is 1. The summed E-state index contributed by atoms with van der Waals surface area (Å²) in [6.45, 7) is 3.89. The third-order valence-electron chi connectivity index (χ3n) is 4.94. The fraction of sp³-hybridized carbons (Fsp3) is 0.273. The average Bonchev–Trinajstić information content (AvgIpc) is 2.68. The van der Waals surface area contributed by atoms with Gasteiger partial charge < -0.3 is 14.5 Å². The van der Waals surface area contributed by atoms with Crippen LogP contribution in [0.5, 0.6) is 0 Å². The number of hydrogen-bond donors (Lipinski definition) is 1. The predicted molar refractivity (Wildman–Crippen MR) is 107 cm³/mol. The van der Waals surface area contributed by atoms with Gasteiger partial charge in [0.2, 0.25) is 5.91 Å². The first-order valence-electron chi connectivity index (χ1n) is 9.42. The van der Waals surface area contributed by atoms with Gasteiger partial charge in [-0.05, 0) is 35.4 Å². The number of nitrogens with zero attached hydrogens (tertiary/aromatic N) is 1. The smallest absolute Gasteiger partial charge is 0.336 e. The predicted octanol–water partition coefficient (Wildman–Crippen LogP) is 3.46. The molecular formula is C22H21FN2O4. The number of ether oxygens (including phenoxy) is 1. The highest BCUT2D eigenvalue weighted by Gasteiger charge is 2.23. The first kappa shape index (κ1) is 19.3. The van der Waals surface area contributed by atoms with E-state index >= 15 is 0 Å². The average molecular weight is 396 g/mol. The third kappa shape index (κ3) is 4.52. The normalized spacial score (nSPS) is 17.4. The zero-order chi connectivity index (χ0) is 20.4. The van der Waals surface area contributed by atoms with Gasteiger partial charge in [0.15, 0.2) is 0 Å². The van der Waals surface area contributed by atoms with Crippen LogP contribution in [0, 0.1) is 5.82 Å². The topological polar surface area (TPSA) is 71.8 Å². The standard InChI is InChI=1S/C22H21FN2O4/c1-14(26)24-18-6-7-19-16(10-22(27)29-20(19)11-18)12-25-8-9-28-21(13-25)15-2-4-17(23)5-3-15/h2-7,10-11,21H,8-9,12-13H2,1H3,(H,24,26). The van der Waals surface area contributed by atoms with Crippen molar-refractivity contribution in [1.82, 2.24) is 4.90 Å². The Morgan fingerprint density at radius 1 is 1.21 bits per heavy atom. The zero-order valence-electron chi connectivity index (χ0n) is 16.0. The van der Waals surface area contributed by atoms with Crippen LogP contribution in [0.15, 0.2) is 57.7 Å². The summed E-state index contributed by atoms with van der Waals surface area (Å²) in [5.74, 6) is -0.467. The van der Waals surface area contributed by atoms with Gasteiger partial charge in [-0.2, -0.15) is 0 Å². The molecule has 0 aliphatic carbocycles. The van der Waals surface area contributed by atoms with Crippen LogP contribution in [-0.4, -0.2) is 30.5 Å². The summed E-state index contributed by atoms with van der Waals surface area (Å²) < 4.78 is 24.4. The summed E-state index contributed by atoms with van der Waals surface area (Å²) in [7, 11) is 0. The van der Waals surface area contributed by atoms with Crippen LogP contribution in [0.3, 0.4) is 0 Å². The van der Waals surface area contributed by atoms with Crippen molar-refractivity contribution in [2.75, 3.05) is 25.0 Å². The van der Waals surface area contributed by atoms with E-state index in [1.54, 1.807) is 24.3 Å². The molecule has 7 heteroatoms. The van der Waals surface area contributed by atoms with E-state index in [1.807, 2.05) is 6.07 Å². The summed E-state index contributed by atoms with van der Waals surface area (Å²) in [5.41, 5.74) is 2.35. The van der Waals surface area contributed by atoms with E-state index in [-0.39, 0.29) is 17.8 Å². The molecule has 0 bridgehead atoms. The van der Waals surface area contributed by atoms with Crippen LogP contribution < -0.4 is 10.9 Å². The second-order valence-corrected chi connectivity index (χ2v) is 7.13. The lowest BCUT2D eigenvalue weighted by atomic mass is 10.1. The van der Waals surface area contributed by atoms with Gasteiger partial charge in [0, 0.05) is 49.8 Å². The maximum atomic E-state index is 13.2. The van der Waals surface area contributed by atoms with Crippen LogP contribution in [0.1, 0.15) is 24.2 Å². The van der Waals surface area contributed by atoms with Crippen LogP contribution in [0.4, 0.5) is 10.1 Å². The molecule has 0 spiro atoms. The summed E-state index contributed by atoms with van der Waals surface area (Å²) in [5, 5.41) is 3.51. The van der Waals surface area contributed by atoms with Gasteiger partial charge in [0.25, 0.3) is 0 Å². The molecule has 29 heavy (non-hydrogen) atoms. The highest BCUT2D eigenvalue weighted by atomic mass is 19.1. The lowest BCUT2D eigenvalue weighted by molar-refractivity contribution is -0.114. The van der Waals surface area contributed by atoms with Gasteiger partial charge in [-0.3, -0.25) is 9.69 Å². The number of morpholine rings is 1. The molecule has 1 aliphatic rings. The Morgan fingerprint density at radius 2 is 2.00 bits per heavy atom. The number of fused-ring (bicyclic) bond motifs is 1. The number of rotatable bonds is 4. The number of amides is 1. The molecule has 2 heterocycles. The molecule has 1 aromatic heterocycles. The quantitative estimate of drug-likeness (QED) is 0.684. The zero-order valence-corrected chi connectivity index (χ0v) is 16.0. The van der Waals surface area contributed by atoms with Gasteiger partial charge in [-0.25, -0.2) is 9.18 Å². The Labute approximate surface area is 166 Å². The van der Waals surface area contributed by atoms with Crippen molar-refractivity contribution in [2.24, 2.45) is 0 Å². The number of benzene rings is 2. The molecule has 4 rings (SSSR count). The largest absolute Gasteiger partial charge is 0.423 e. The number of hydrogen-bond acceptors (Lipinski definition) is 5. The molecule has 2 aromatic carbocycles. The first-order chi connectivity index (χ1) is 14.0. The van der Waals surface area contributed by atoms with Crippen LogP contribution in [0.25, 0.3) is 11.0 Å². The van der Waals surface area contributed by atoms with Crippen LogP contribution in [0.2, 0.25) is 0 Å². The second kappa shape index (κ2) is 8.14. The minimum absolute atomic E-state index is 0.151. The number of carbonyl (C=O) groups excluding carboxylic acids is 1. The molecule has 1 amide bonds. The SMILES string of the molecule is CC(=O)Nc1ccc2c(CN3CCOC(c4ccc(F)cc4)C3)cc(=O)oc2c1. The second-order valence-electron chi connectivity index (χ2n) is 7.13. The van der Waals surface area contributed by atoms with Gasteiger partial charge in [0.1, 0.15) is 11.4 Å². The van der Waals surface area contributed by atoms with Gasteiger partial charge in [0.05, 0.1) is 12.7 Å². The van der Waals surface area contributed by atoms with Crippen molar-refractivity contribution < 1.29 is 18.3 Å². The molecule has 1 N–H and O–H groups in total. The van der Waals surface area contributed by atoms with Crippen LogP contribution in [-0.2, 0) is 16.1 Å². The van der Waals surface area contributed by atoms with Crippen molar-refractivity contribution in [3.05, 3.63) is 75.9 Å². The Bertz CT molecular complexity index is 1090. The number of halogens is 1. The molecule has 1 saturated heterocycles. The Balaban J connectivity index is 1.57. The van der Waals surface area contributed by atoms with E-state index < -0.39 is 5.63 Å². The summed E-state index contributed by atoms with van der Waals surface area (Å²) >= 11 is 0. The molecule has 0 radical (unpaired) electrons. The molecule has 1 atom stereocenters. The Morgan fingerprint density at radius 3 is 2.76 bits per heavy atom. The molecular weight excluding hydrogens is 375 g/mol. The van der Waals surface area contributed by atoms with E-state index in [9.17, 15) is 14.0 Å². The first-order valence-corrected chi connectivity index (χ1v) is 9.42. The van der Waals surface area contributed by atoms with Crippen molar-refractivity contribution in [3.8, 4) is 0 Å². The van der Waals surface area contributed by atoms with Gasteiger partial charge in [-0.15, -0.1) is 0 Å². The minimum atomic E-state index is -0.434. The minimum Gasteiger partial charge on any atom is -0.423 e.